The third kappa shape index (κ3) is 2.60. The van der Waals surface area contributed by atoms with Crippen LogP contribution in [0.5, 0.6) is 5.75 Å². The minimum atomic E-state index is -1.09. The van der Waals surface area contributed by atoms with Gasteiger partial charge in [-0.15, -0.1) is 0 Å². The zero-order valence-electron chi connectivity index (χ0n) is 13.7. The zero-order chi connectivity index (χ0) is 17.5. The third-order valence-electron chi connectivity index (χ3n) is 4.18. The first kappa shape index (κ1) is 16.0. The first-order valence-electron chi connectivity index (χ1n) is 7.67. The van der Waals surface area contributed by atoms with Crippen LogP contribution >= 0.6 is 0 Å². The minimum absolute atomic E-state index is 0.0637. The number of nitro groups is 1. The molecular formula is C18H18N2O4. The van der Waals surface area contributed by atoms with Crippen molar-refractivity contribution < 1.29 is 14.5 Å². The van der Waals surface area contributed by atoms with Crippen LogP contribution in [-0.2, 0) is 4.79 Å². The van der Waals surface area contributed by atoms with E-state index < -0.39 is 10.5 Å². The Labute approximate surface area is 139 Å². The number of ether oxygens (including phenoxy) is 1. The molecule has 124 valence electrons. The number of fused-ring (bicyclic) bond motifs is 1. The number of hydrogen-bond acceptors (Lipinski definition) is 4. The van der Waals surface area contributed by atoms with Crippen molar-refractivity contribution in [3.8, 4) is 5.75 Å². The van der Waals surface area contributed by atoms with E-state index in [1.807, 2.05) is 37.3 Å². The van der Waals surface area contributed by atoms with Gasteiger partial charge in [-0.25, -0.2) is 0 Å². The summed E-state index contributed by atoms with van der Waals surface area (Å²) in [4.78, 5) is 25.1. The molecule has 1 atom stereocenters. The van der Waals surface area contributed by atoms with Crippen molar-refractivity contribution in [2.75, 3.05) is 4.90 Å². The Morgan fingerprint density at radius 3 is 2.46 bits per heavy atom. The van der Waals surface area contributed by atoms with Gasteiger partial charge >= 0.3 is 0 Å². The Kier molecular flexibility index (Phi) is 3.75. The second-order valence-corrected chi connectivity index (χ2v) is 6.28. The van der Waals surface area contributed by atoms with Crippen LogP contribution in [0.2, 0.25) is 0 Å². The predicted molar refractivity (Wildman–Crippen MR) is 90.1 cm³/mol. The summed E-state index contributed by atoms with van der Waals surface area (Å²) in [5, 5.41) is 11.0. The summed E-state index contributed by atoms with van der Waals surface area (Å²) in [7, 11) is 0. The standard InChI is InChI=1S/C18H18N2O4/c1-12(13-7-5-4-6-8-13)19-15-10-9-14(20(22)23)11-16(15)24-18(2,3)17(19)21/h4-12H,1-3H3. The molecule has 1 heterocycles. The molecular weight excluding hydrogens is 308 g/mol. The Morgan fingerprint density at radius 1 is 1.17 bits per heavy atom. The molecule has 24 heavy (non-hydrogen) atoms. The summed E-state index contributed by atoms with van der Waals surface area (Å²) >= 11 is 0. The van der Waals surface area contributed by atoms with Crippen molar-refractivity contribution in [1.29, 1.82) is 0 Å². The molecule has 2 aromatic carbocycles. The molecule has 0 aliphatic carbocycles. The summed E-state index contributed by atoms with van der Waals surface area (Å²) in [6.07, 6.45) is 0. The highest BCUT2D eigenvalue weighted by Crippen LogP contribution is 2.43. The molecule has 6 heteroatoms. The Balaban J connectivity index is 2.12. The van der Waals surface area contributed by atoms with E-state index in [9.17, 15) is 14.9 Å². The van der Waals surface area contributed by atoms with Gasteiger partial charge in [-0.1, -0.05) is 30.3 Å². The fourth-order valence-electron chi connectivity index (χ4n) is 2.88. The van der Waals surface area contributed by atoms with Gasteiger partial charge in [-0.2, -0.15) is 0 Å². The van der Waals surface area contributed by atoms with Gasteiger partial charge in [0.25, 0.3) is 11.6 Å². The fourth-order valence-corrected chi connectivity index (χ4v) is 2.88. The maximum Gasteiger partial charge on any atom is 0.273 e. The maximum absolute atomic E-state index is 12.9. The summed E-state index contributed by atoms with van der Waals surface area (Å²) < 4.78 is 5.74. The topological polar surface area (TPSA) is 72.7 Å². The fraction of sp³-hybridized carbons (Fsp3) is 0.278. The van der Waals surface area contributed by atoms with Gasteiger partial charge in [0, 0.05) is 6.07 Å². The number of amides is 1. The van der Waals surface area contributed by atoms with E-state index >= 15 is 0 Å². The molecule has 0 bridgehead atoms. The summed E-state index contributed by atoms with van der Waals surface area (Å²) in [6.45, 7) is 5.27. The van der Waals surface area contributed by atoms with E-state index in [-0.39, 0.29) is 17.6 Å². The van der Waals surface area contributed by atoms with Crippen LogP contribution in [-0.4, -0.2) is 16.4 Å². The molecule has 0 saturated carbocycles. The largest absolute Gasteiger partial charge is 0.476 e. The Morgan fingerprint density at radius 2 is 1.83 bits per heavy atom. The summed E-state index contributed by atoms with van der Waals surface area (Å²) in [5.41, 5.74) is 0.367. The average Bonchev–Trinajstić information content (AvgIpc) is 2.55. The van der Waals surface area contributed by atoms with Crippen molar-refractivity contribution in [2.45, 2.75) is 32.4 Å². The van der Waals surface area contributed by atoms with Crippen LogP contribution < -0.4 is 9.64 Å². The van der Waals surface area contributed by atoms with Crippen LogP contribution in [0, 0.1) is 10.1 Å². The number of rotatable bonds is 3. The molecule has 0 fully saturated rings. The first-order valence-corrected chi connectivity index (χ1v) is 7.67. The van der Waals surface area contributed by atoms with Crippen molar-refractivity contribution in [1.82, 2.24) is 0 Å². The molecule has 2 aromatic rings. The number of nitrogens with zero attached hydrogens (tertiary/aromatic N) is 2. The maximum atomic E-state index is 12.9. The van der Waals surface area contributed by atoms with Gasteiger partial charge < -0.3 is 4.74 Å². The first-order chi connectivity index (χ1) is 11.3. The number of carbonyl (C=O) groups excluding carboxylic acids is 1. The average molecular weight is 326 g/mol. The molecule has 0 spiro atoms. The van der Waals surface area contributed by atoms with E-state index in [1.165, 1.54) is 12.1 Å². The molecule has 6 nitrogen and oxygen atoms in total. The normalized spacial score (nSPS) is 17.0. The van der Waals surface area contributed by atoms with E-state index in [1.54, 1.807) is 24.8 Å². The van der Waals surface area contributed by atoms with Crippen LogP contribution in [0.4, 0.5) is 11.4 Å². The highest BCUT2D eigenvalue weighted by molar-refractivity contribution is 6.03. The number of non-ortho nitro benzene ring substituents is 1. The summed E-state index contributed by atoms with van der Waals surface area (Å²) in [5.74, 6) is 0.164. The van der Waals surface area contributed by atoms with Crippen LogP contribution in [0.15, 0.2) is 48.5 Å². The van der Waals surface area contributed by atoms with E-state index in [4.69, 9.17) is 4.74 Å². The smallest absolute Gasteiger partial charge is 0.273 e. The van der Waals surface area contributed by atoms with Crippen LogP contribution in [0.1, 0.15) is 32.4 Å². The molecule has 0 radical (unpaired) electrons. The molecule has 1 aliphatic heterocycles. The number of anilines is 1. The lowest BCUT2D eigenvalue weighted by Gasteiger charge is -2.41. The Hall–Kier alpha value is -2.89. The highest BCUT2D eigenvalue weighted by Gasteiger charge is 2.43. The van der Waals surface area contributed by atoms with Gasteiger partial charge in [0.1, 0.15) is 0 Å². The van der Waals surface area contributed by atoms with Gasteiger partial charge in [-0.05, 0) is 32.4 Å². The second-order valence-electron chi connectivity index (χ2n) is 6.28. The SMILES string of the molecule is CC(c1ccccc1)N1C(=O)C(C)(C)Oc2cc([N+](=O)[O-])ccc21. The van der Waals surface area contributed by atoms with E-state index in [2.05, 4.69) is 0 Å². The van der Waals surface area contributed by atoms with Gasteiger partial charge in [-0.3, -0.25) is 19.8 Å². The lowest BCUT2D eigenvalue weighted by atomic mass is 9.98. The van der Waals surface area contributed by atoms with Crippen molar-refractivity contribution >= 4 is 17.3 Å². The van der Waals surface area contributed by atoms with Gasteiger partial charge in [0.2, 0.25) is 0 Å². The molecule has 0 aromatic heterocycles. The third-order valence-corrected chi connectivity index (χ3v) is 4.18. The minimum Gasteiger partial charge on any atom is -0.476 e. The predicted octanol–water partition coefficient (Wildman–Crippen LogP) is 3.86. The van der Waals surface area contributed by atoms with Crippen molar-refractivity contribution in [2.24, 2.45) is 0 Å². The zero-order valence-corrected chi connectivity index (χ0v) is 13.7. The Bertz CT molecular complexity index is 802. The lowest BCUT2D eigenvalue weighted by molar-refractivity contribution is -0.385. The van der Waals surface area contributed by atoms with Crippen LogP contribution in [0.3, 0.4) is 0 Å². The second kappa shape index (κ2) is 5.63. The van der Waals surface area contributed by atoms with Crippen molar-refractivity contribution in [3.63, 3.8) is 0 Å². The van der Waals surface area contributed by atoms with E-state index in [0.717, 1.165) is 5.56 Å². The van der Waals surface area contributed by atoms with Crippen molar-refractivity contribution in [3.05, 3.63) is 64.2 Å². The van der Waals surface area contributed by atoms with E-state index in [0.29, 0.717) is 11.4 Å². The number of benzene rings is 2. The van der Waals surface area contributed by atoms with Gasteiger partial charge in [0.15, 0.2) is 11.4 Å². The number of hydrogen-bond donors (Lipinski definition) is 0. The molecule has 0 N–H and O–H groups in total. The molecule has 1 amide bonds. The molecule has 0 saturated heterocycles. The molecule has 1 aliphatic rings. The highest BCUT2D eigenvalue weighted by atomic mass is 16.6. The summed E-state index contributed by atoms with van der Waals surface area (Å²) in [6, 6.07) is 13.8. The lowest BCUT2D eigenvalue weighted by Crippen LogP contribution is -2.53. The monoisotopic (exact) mass is 326 g/mol. The van der Waals surface area contributed by atoms with Gasteiger partial charge in [0.05, 0.1) is 22.7 Å². The number of carbonyl (C=O) groups is 1. The quantitative estimate of drug-likeness (QED) is 0.634. The van der Waals surface area contributed by atoms with Crippen LogP contribution in [0.25, 0.3) is 0 Å². The number of nitro benzene ring substituents is 1. The molecule has 3 rings (SSSR count). The molecule has 1 unspecified atom stereocenters.